The van der Waals surface area contributed by atoms with Gasteiger partial charge >= 0.3 is 0 Å². The number of alkyl halides is 2. The predicted octanol–water partition coefficient (Wildman–Crippen LogP) is 2.29. The Morgan fingerprint density at radius 3 is 3.00 bits per heavy atom. The molecule has 1 aromatic rings. The highest BCUT2D eigenvalue weighted by atomic mass is 35.5. The summed E-state index contributed by atoms with van der Waals surface area (Å²) in [4.78, 5) is 3.77. The molecule has 0 saturated carbocycles. The van der Waals surface area contributed by atoms with Crippen LogP contribution in [0.5, 0.6) is 0 Å². The standard InChI is InChI=1S/C7H7ClFN/c8-4-6-1-2-10-7(3-6)5-9/h1-3H,4-5H2. The van der Waals surface area contributed by atoms with Gasteiger partial charge in [-0.15, -0.1) is 11.6 Å². The van der Waals surface area contributed by atoms with Crippen molar-refractivity contribution in [3.8, 4) is 0 Å². The van der Waals surface area contributed by atoms with Crippen molar-refractivity contribution in [2.75, 3.05) is 0 Å². The normalized spacial score (nSPS) is 9.80. The van der Waals surface area contributed by atoms with Crippen LogP contribution in [0.2, 0.25) is 0 Å². The number of pyridine rings is 1. The molecule has 0 N–H and O–H groups in total. The average Bonchev–Trinajstić information content (AvgIpc) is 2.05. The van der Waals surface area contributed by atoms with Gasteiger partial charge in [-0.2, -0.15) is 0 Å². The van der Waals surface area contributed by atoms with Crippen LogP contribution in [0.3, 0.4) is 0 Å². The van der Waals surface area contributed by atoms with E-state index in [2.05, 4.69) is 4.98 Å². The maximum absolute atomic E-state index is 11.9. The molecule has 0 aromatic carbocycles. The van der Waals surface area contributed by atoms with Crippen LogP contribution in [0.4, 0.5) is 4.39 Å². The van der Waals surface area contributed by atoms with E-state index in [4.69, 9.17) is 11.6 Å². The minimum absolute atomic E-state index is 0.412. The van der Waals surface area contributed by atoms with E-state index < -0.39 is 6.67 Å². The summed E-state index contributed by atoms with van der Waals surface area (Å²) >= 11 is 5.51. The molecule has 0 aliphatic rings. The molecule has 1 rings (SSSR count). The van der Waals surface area contributed by atoms with Crippen molar-refractivity contribution in [2.24, 2.45) is 0 Å². The molecular weight excluding hydrogens is 153 g/mol. The number of hydrogen-bond donors (Lipinski definition) is 0. The minimum atomic E-state index is -0.523. The van der Waals surface area contributed by atoms with E-state index in [1.807, 2.05) is 0 Å². The number of halogens is 2. The SMILES string of the molecule is FCc1cc(CCl)ccn1. The van der Waals surface area contributed by atoms with Crippen LogP contribution in [0.15, 0.2) is 18.3 Å². The number of nitrogens with zero attached hydrogens (tertiary/aromatic N) is 1. The number of hydrogen-bond acceptors (Lipinski definition) is 1. The zero-order valence-electron chi connectivity index (χ0n) is 5.35. The van der Waals surface area contributed by atoms with Crippen molar-refractivity contribution in [1.82, 2.24) is 4.98 Å². The summed E-state index contributed by atoms with van der Waals surface area (Å²) in [6, 6.07) is 3.43. The van der Waals surface area contributed by atoms with Gasteiger partial charge in [0.15, 0.2) is 0 Å². The lowest BCUT2D eigenvalue weighted by atomic mass is 10.2. The number of rotatable bonds is 2. The lowest BCUT2D eigenvalue weighted by molar-refractivity contribution is 0.476. The van der Waals surface area contributed by atoms with Crippen molar-refractivity contribution in [3.63, 3.8) is 0 Å². The van der Waals surface area contributed by atoms with Crippen LogP contribution in [-0.2, 0) is 12.6 Å². The van der Waals surface area contributed by atoms with Gasteiger partial charge in [-0.25, -0.2) is 4.39 Å². The first-order chi connectivity index (χ1) is 4.86. The highest BCUT2D eigenvalue weighted by Crippen LogP contribution is 2.05. The summed E-state index contributed by atoms with van der Waals surface area (Å²) in [6.07, 6.45) is 1.56. The highest BCUT2D eigenvalue weighted by Gasteiger charge is 1.93. The van der Waals surface area contributed by atoms with Crippen molar-refractivity contribution < 1.29 is 4.39 Å². The second kappa shape index (κ2) is 3.52. The first-order valence-electron chi connectivity index (χ1n) is 2.92. The van der Waals surface area contributed by atoms with Gasteiger partial charge in [0.25, 0.3) is 0 Å². The molecule has 0 bridgehead atoms. The second-order valence-electron chi connectivity index (χ2n) is 1.92. The Bertz CT molecular complexity index is 195. The molecule has 1 heterocycles. The molecule has 0 spiro atoms. The van der Waals surface area contributed by atoms with Gasteiger partial charge in [0.05, 0.1) is 5.69 Å². The van der Waals surface area contributed by atoms with E-state index >= 15 is 0 Å². The van der Waals surface area contributed by atoms with E-state index in [1.54, 1.807) is 18.3 Å². The maximum Gasteiger partial charge on any atom is 0.131 e. The third-order valence-corrected chi connectivity index (χ3v) is 1.48. The Labute approximate surface area is 63.8 Å². The summed E-state index contributed by atoms with van der Waals surface area (Å²) in [5, 5.41) is 0. The van der Waals surface area contributed by atoms with Crippen molar-refractivity contribution in [1.29, 1.82) is 0 Å². The van der Waals surface area contributed by atoms with Gasteiger partial charge in [-0.3, -0.25) is 4.98 Å². The Morgan fingerprint density at radius 2 is 2.40 bits per heavy atom. The first kappa shape index (κ1) is 7.48. The average molecular weight is 160 g/mol. The van der Waals surface area contributed by atoms with Crippen LogP contribution >= 0.6 is 11.6 Å². The first-order valence-corrected chi connectivity index (χ1v) is 3.46. The van der Waals surface area contributed by atoms with Crippen LogP contribution in [0.1, 0.15) is 11.3 Å². The van der Waals surface area contributed by atoms with Crippen LogP contribution in [-0.4, -0.2) is 4.98 Å². The molecule has 10 heavy (non-hydrogen) atoms. The zero-order valence-corrected chi connectivity index (χ0v) is 6.11. The summed E-state index contributed by atoms with van der Waals surface area (Å²) in [5.74, 6) is 0.412. The van der Waals surface area contributed by atoms with Gasteiger partial charge in [-0.1, -0.05) is 0 Å². The summed E-state index contributed by atoms with van der Waals surface area (Å²) in [7, 11) is 0. The van der Waals surface area contributed by atoms with E-state index in [1.165, 1.54) is 0 Å². The monoisotopic (exact) mass is 159 g/mol. The van der Waals surface area contributed by atoms with Crippen molar-refractivity contribution in [3.05, 3.63) is 29.6 Å². The van der Waals surface area contributed by atoms with Gasteiger partial charge in [0.2, 0.25) is 0 Å². The third kappa shape index (κ3) is 1.67. The van der Waals surface area contributed by atoms with Crippen molar-refractivity contribution >= 4 is 11.6 Å². The number of aromatic nitrogens is 1. The minimum Gasteiger partial charge on any atom is -0.258 e. The summed E-state index contributed by atoms with van der Waals surface area (Å²) < 4.78 is 11.9. The molecule has 0 aliphatic carbocycles. The quantitative estimate of drug-likeness (QED) is 0.604. The highest BCUT2D eigenvalue weighted by molar-refractivity contribution is 6.17. The van der Waals surface area contributed by atoms with Crippen LogP contribution < -0.4 is 0 Å². The second-order valence-corrected chi connectivity index (χ2v) is 2.19. The van der Waals surface area contributed by atoms with Crippen LogP contribution in [0.25, 0.3) is 0 Å². The largest absolute Gasteiger partial charge is 0.258 e. The Balaban J connectivity index is 2.87. The Kier molecular flexibility index (Phi) is 2.63. The van der Waals surface area contributed by atoms with E-state index in [9.17, 15) is 4.39 Å². The van der Waals surface area contributed by atoms with Crippen molar-refractivity contribution in [2.45, 2.75) is 12.6 Å². The molecule has 54 valence electrons. The Morgan fingerprint density at radius 1 is 1.60 bits per heavy atom. The lowest BCUT2D eigenvalue weighted by Crippen LogP contribution is -1.86. The topological polar surface area (TPSA) is 12.9 Å². The molecule has 0 aliphatic heterocycles. The summed E-state index contributed by atoms with van der Waals surface area (Å²) in [6.45, 7) is -0.523. The molecular formula is C7H7ClFN. The lowest BCUT2D eigenvalue weighted by Gasteiger charge is -1.95. The smallest absolute Gasteiger partial charge is 0.131 e. The molecule has 0 saturated heterocycles. The van der Waals surface area contributed by atoms with Crippen LogP contribution in [0, 0.1) is 0 Å². The fourth-order valence-corrected chi connectivity index (χ4v) is 0.851. The van der Waals surface area contributed by atoms with E-state index in [0.29, 0.717) is 11.6 Å². The van der Waals surface area contributed by atoms with E-state index in [0.717, 1.165) is 5.56 Å². The van der Waals surface area contributed by atoms with Gasteiger partial charge in [-0.05, 0) is 17.7 Å². The summed E-state index contributed by atoms with van der Waals surface area (Å²) in [5.41, 5.74) is 1.35. The van der Waals surface area contributed by atoms with Gasteiger partial charge in [0.1, 0.15) is 6.67 Å². The van der Waals surface area contributed by atoms with Gasteiger partial charge in [0, 0.05) is 12.1 Å². The predicted molar refractivity (Wildman–Crippen MR) is 38.6 cm³/mol. The molecule has 0 unspecified atom stereocenters. The molecule has 1 aromatic heterocycles. The molecule has 0 radical (unpaired) electrons. The fraction of sp³-hybridized carbons (Fsp3) is 0.286. The molecule has 0 fully saturated rings. The van der Waals surface area contributed by atoms with E-state index in [-0.39, 0.29) is 0 Å². The zero-order chi connectivity index (χ0) is 7.40. The molecule has 0 atom stereocenters. The molecule has 1 nitrogen and oxygen atoms in total. The Hall–Kier alpha value is -0.630. The fourth-order valence-electron chi connectivity index (χ4n) is 0.684. The maximum atomic E-state index is 11.9. The molecule has 3 heteroatoms. The van der Waals surface area contributed by atoms with Gasteiger partial charge < -0.3 is 0 Å². The molecule has 0 amide bonds. The third-order valence-electron chi connectivity index (χ3n) is 1.17.